The molecule has 3 nitrogen and oxygen atoms in total. The van der Waals surface area contributed by atoms with Crippen molar-refractivity contribution in [3.05, 3.63) is 35.4 Å². The first kappa shape index (κ1) is 16.0. The molecule has 0 spiro atoms. The summed E-state index contributed by atoms with van der Waals surface area (Å²) in [6.45, 7) is 4.90. The van der Waals surface area contributed by atoms with E-state index in [9.17, 15) is 4.79 Å². The standard InChI is InChI=1S/C18H28N2O/c1-3-7-16(19)17(21)20-13-18(10-4-5-11-18)15-9-6-8-14(2)12-15/h6,8-9,12,16H,3-5,7,10-11,13,19H2,1-2H3,(H,20,21). The summed E-state index contributed by atoms with van der Waals surface area (Å²) in [5.41, 5.74) is 8.66. The van der Waals surface area contributed by atoms with Crippen molar-refractivity contribution in [2.45, 2.75) is 63.8 Å². The van der Waals surface area contributed by atoms with Crippen molar-refractivity contribution in [3.63, 3.8) is 0 Å². The highest BCUT2D eigenvalue weighted by Crippen LogP contribution is 2.40. The van der Waals surface area contributed by atoms with Gasteiger partial charge in [-0.15, -0.1) is 0 Å². The molecule has 1 amide bonds. The number of aryl methyl sites for hydroxylation is 1. The van der Waals surface area contributed by atoms with Crippen LogP contribution in [0.4, 0.5) is 0 Å². The zero-order chi connectivity index (χ0) is 15.3. The summed E-state index contributed by atoms with van der Waals surface area (Å²) < 4.78 is 0. The first-order valence-corrected chi connectivity index (χ1v) is 8.18. The van der Waals surface area contributed by atoms with Crippen molar-refractivity contribution in [3.8, 4) is 0 Å². The Morgan fingerprint density at radius 2 is 2.10 bits per heavy atom. The third-order valence-corrected chi connectivity index (χ3v) is 4.73. The van der Waals surface area contributed by atoms with Gasteiger partial charge < -0.3 is 11.1 Å². The molecule has 2 rings (SSSR count). The lowest BCUT2D eigenvalue weighted by Gasteiger charge is -2.31. The summed E-state index contributed by atoms with van der Waals surface area (Å²) >= 11 is 0. The second-order valence-electron chi connectivity index (χ2n) is 6.47. The van der Waals surface area contributed by atoms with E-state index in [1.54, 1.807) is 0 Å². The maximum absolute atomic E-state index is 12.1. The van der Waals surface area contributed by atoms with E-state index in [0.29, 0.717) is 6.54 Å². The Hall–Kier alpha value is -1.35. The SMILES string of the molecule is CCCC(N)C(=O)NCC1(c2cccc(C)c2)CCCC1. The van der Waals surface area contributed by atoms with E-state index in [4.69, 9.17) is 5.73 Å². The lowest BCUT2D eigenvalue weighted by Crippen LogP contribution is -2.46. The Morgan fingerprint density at radius 1 is 1.38 bits per heavy atom. The van der Waals surface area contributed by atoms with Gasteiger partial charge in [0, 0.05) is 12.0 Å². The third-order valence-electron chi connectivity index (χ3n) is 4.73. The van der Waals surface area contributed by atoms with Gasteiger partial charge in [-0.05, 0) is 31.7 Å². The fourth-order valence-corrected chi connectivity index (χ4v) is 3.42. The van der Waals surface area contributed by atoms with Gasteiger partial charge in [-0.1, -0.05) is 56.0 Å². The number of hydrogen-bond donors (Lipinski definition) is 2. The first-order chi connectivity index (χ1) is 10.1. The van der Waals surface area contributed by atoms with Crippen molar-refractivity contribution in [2.75, 3.05) is 6.54 Å². The summed E-state index contributed by atoms with van der Waals surface area (Å²) in [6.07, 6.45) is 6.48. The number of nitrogens with two attached hydrogens (primary N) is 1. The van der Waals surface area contributed by atoms with Crippen LogP contribution in [0, 0.1) is 6.92 Å². The molecule has 0 radical (unpaired) electrons. The zero-order valence-corrected chi connectivity index (χ0v) is 13.3. The first-order valence-electron chi connectivity index (χ1n) is 8.18. The Balaban J connectivity index is 2.07. The molecule has 3 heteroatoms. The molecule has 1 fully saturated rings. The Kier molecular flexibility index (Phi) is 5.40. The fourth-order valence-electron chi connectivity index (χ4n) is 3.42. The van der Waals surface area contributed by atoms with Crippen molar-refractivity contribution in [1.29, 1.82) is 0 Å². The molecule has 1 aliphatic carbocycles. The Labute approximate surface area is 128 Å². The summed E-state index contributed by atoms with van der Waals surface area (Å²) in [5, 5.41) is 3.10. The highest BCUT2D eigenvalue weighted by atomic mass is 16.2. The minimum atomic E-state index is -0.369. The zero-order valence-electron chi connectivity index (χ0n) is 13.3. The van der Waals surface area contributed by atoms with Gasteiger partial charge in [0.1, 0.15) is 0 Å². The molecule has 1 unspecified atom stereocenters. The number of benzene rings is 1. The topological polar surface area (TPSA) is 55.1 Å². The summed E-state index contributed by atoms with van der Waals surface area (Å²) in [4.78, 5) is 12.1. The van der Waals surface area contributed by atoms with Crippen LogP contribution in [0.25, 0.3) is 0 Å². The number of carbonyl (C=O) groups excluding carboxylic acids is 1. The van der Waals surface area contributed by atoms with E-state index in [1.807, 2.05) is 0 Å². The molecule has 0 bridgehead atoms. The van der Waals surface area contributed by atoms with E-state index in [-0.39, 0.29) is 17.4 Å². The molecular weight excluding hydrogens is 260 g/mol. The molecule has 0 aliphatic heterocycles. The molecule has 1 saturated carbocycles. The molecular formula is C18H28N2O. The monoisotopic (exact) mass is 288 g/mol. The van der Waals surface area contributed by atoms with E-state index >= 15 is 0 Å². The summed E-state index contributed by atoms with van der Waals surface area (Å²) in [7, 11) is 0. The smallest absolute Gasteiger partial charge is 0.236 e. The van der Waals surface area contributed by atoms with Crippen LogP contribution in [-0.2, 0) is 10.2 Å². The fraction of sp³-hybridized carbons (Fsp3) is 0.611. The highest BCUT2D eigenvalue weighted by molar-refractivity contribution is 5.81. The molecule has 0 heterocycles. The predicted molar refractivity (Wildman–Crippen MR) is 87.2 cm³/mol. The molecule has 1 aliphatic rings. The lowest BCUT2D eigenvalue weighted by atomic mass is 9.78. The van der Waals surface area contributed by atoms with Gasteiger partial charge in [0.2, 0.25) is 5.91 Å². The van der Waals surface area contributed by atoms with Gasteiger partial charge in [0.25, 0.3) is 0 Å². The second-order valence-corrected chi connectivity index (χ2v) is 6.47. The van der Waals surface area contributed by atoms with E-state index in [0.717, 1.165) is 25.7 Å². The molecule has 0 aromatic heterocycles. The maximum Gasteiger partial charge on any atom is 0.236 e. The molecule has 0 saturated heterocycles. The summed E-state index contributed by atoms with van der Waals surface area (Å²) in [5.74, 6) is -0.00391. The average Bonchev–Trinajstić information content (AvgIpc) is 2.95. The number of nitrogens with one attached hydrogen (secondary N) is 1. The van der Waals surface area contributed by atoms with Crippen LogP contribution in [-0.4, -0.2) is 18.5 Å². The maximum atomic E-state index is 12.1. The molecule has 3 N–H and O–H groups in total. The normalized spacial score (nSPS) is 18.4. The average molecular weight is 288 g/mol. The molecule has 1 aromatic rings. The van der Waals surface area contributed by atoms with Gasteiger partial charge in [0.15, 0.2) is 0 Å². The molecule has 116 valence electrons. The van der Waals surface area contributed by atoms with Crippen LogP contribution < -0.4 is 11.1 Å². The van der Waals surface area contributed by atoms with Crippen molar-refractivity contribution in [2.24, 2.45) is 5.73 Å². The van der Waals surface area contributed by atoms with Crippen LogP contribution in [0.3, 0.4) is 0 Å². The number of amides is 1. The van der Waals surface area contributed by atoms with Gasteiger partial charge >= 0.3 is 0 Å². The van der Waals surface area contributed by atoms with Crippen molar-refractivity contribution in [1.82, 2.24) is 5.32 Å². The van der Waals surface area contributed by atoms with Crippen LogP contribution >= 0.6 is 0 Å². The highest BCUT2D eigenvalue weighted by Gasteiger charge is 2.36. The molecule has 21 heavy (non-hydrogen) atoms. The van der Waals surface area contributed by atoms with E-state index < -0.39 is 0 Å². The van der Waals surface area contributed by atoms with Crippen LogP contribution in [0.2, 0.25) is 0 Å². The van der Waals surface area contributed by atoms with Crippen molar-refractivity contribution < 1.29 is 4.79 Å². The quantitative estimate of drug-likeness (QED) is 0.845. The van der Waals surface area contributed by atoms with Crippen LogP contribution in [0.1, 0.15) is 56.6 Å². The largest absolute Gasteiger partial charge is 0.354 e. The van der Waals surface area contributed by atoms with Crippen LogP contribution in [0.15, 0.2) is 24.3 Å². The van der Waals surface area contributed by atoms with Crippen molar-refractivity contribution >= 4 is 5.91 Å². The van der Waals surface area contributed by atoms with Gasteiger partial charge in [0.05, 0.1) is 6.04 Å². The summed E-state index contributed by atoms with van der Waals surface area (Å²) in [6, 6.07) is 8.35. The Morgan fingerprint density at radius 3 is 2.71 bits per heavy atom. The number of rotatable bonds is 6. The van der Waals surface area contributed by atoms with E-state index in [1.165, 1.54) is 24.0 Å². The second kappa shape index (κ2) is 7.08. The Bertz CT molecular complexity index is 478. The lowest BCUT2D eigenvalue weighted by molar-refractivity contribution is -0.122. The predicted octanol–water partition coefficient (Wildman–Crippen LogP) is 3.05. The molecule has 1 aromatic carbocycles. The molecule has 1 atom stereocenters. The number of carbonyl (C=O) groups is 1. The third kappa shape index (κ3) is 3.85. The van der Waals surface area contributed by atoms with E-state index in [2.05, 4.69) is 43.4 Å². The van der Waals surface area contributed by atoms with Gasteiger partial charge in [-0.3, -0.25) is 4.79 Å². The number of hydrogen-bond acceptors (Lipinski definition) is 2. The van der Waals surface area contributed by atoms with Crippen LogP contribution in [0.5, 0.6) is 0 Å². The van der Waals surface area contributed by atoms with Gasteiger partial charge in [-0.2, -0.15) is 0 Å². The van der Waals surface area contributed by atoms with Gasteiger partial charge in [-0.25, -0.2) is 0 Å². The minimum absolute atomic E-state index is 0.00391. The minimum Gasteiger partial charge on any atom is -0.354 e.